The van der Waals surface area contributed by atoms with Gasteiger partial charge in [-0.25, -0.2) is 0 Å². The van der Waals surface area contributed by atoms with Crippen molar-refractivity contribution in [3.05, 3.63) is 11.1 Å². The first-order valence-corrected chi connectivity index (χ1v) is 3.91. The summed E-state index contributed by atoms with van der Waals surface area (Å²) in [6.07, 6.45) is 0. The molecule has 1 aromatic rings. The molecule has 0 aliphatic carbocycles. The van der Waals surface area contributed by atoms with Crippen LogP contribution in [-0.4, -0.2) is 43.2 Å². The minimum atomic E-state index is -0.776. The van der Waals surface area contributed by atoms with Gasteiger partial charge in [0.05, 0.1) is 13.2 Å². The van der Waals surface area contributed by atoms with E-state index in [0.717, 1.165) is 0 Å². The van der Waals surface area contributed by atoms with Crippen LogP contribution in [0.25, 0.3) is 0 Å². The number of nitrogens with one attached hydrogen (secondary N) is 1. The molecule has 7 N–H and O–H groups in total. The molecule has 9 heteroatoms. The molecule has 1 rings (SSSR count). The van der Waals surface area contributed by atoms with Crippen LogP contribution in [0.2, 0.25) is 0 Å². The first kappa shape index (κ1) is 10.9. The summed E-state index contributed by atoms with van der Waals surface area (Å²) in [6.45, 7) is -0.372. The molecule has 1 aromatic heterocycles. The van der Waals surface area contributed by atoms with E-state index in [1.165, 1.54) is 0 Å². The van der Waals surface area contributed by atoms with Crippen LogP contribution in [0.5, 0.6) is 5.75 Å². The molecular formula is C6H11N5O4. The summed E-state index contributed by atoms with van der Waals surface area (Å²) in [6, 6.07) is 0. The van der Waals surface area contributed by atoms with Crippen molar-refractivity contribution in [1.82, 2.24) is 9.46 Å². The molecule has 0 amide bonds. The number of hydrogen-bond donors (Lipinski definition) is 6. The molecule has 15 heavy (non-hydrogen) atoms. The number of hydrogen-bond acceptors (Lipinski definition) is 7. The summed E-state index contributed by atoms with van der Waals surface area (Å²) in [5.41, 5.74) is 4.04. The second-order valence-corrected chi connectivity index (χ2v) is 2.61. The summed E-state index contributed by atoms with van der Waals surface area (Å²) in [5, 5.41) is 43.4. The zero-order valence-electron chi connectivity index (χ0n) is 7.62. The van der Waals surface area contributed by atoms with Crippen LogP contribution >= 0.6 is 0 Å². The molecule has 0 unspecified atom stereocenters. The minimum absolute atomic E-state index is 0.0809. The Hall–Kier alpha value is -2.16. The van der Waals surface area contributed by atoms with Crippen molar-refractivity contribution in [3.8, 4) is 5.75 Å². The summed E-state index contributed by atoms with van der Waals surface area (Å²) < 4.78 is 0.231. The molecule has 0 aliphatic rings. The van der Waals surface area contributed by atoms with E-state index in [1.54, 1.807) is 0 Å². The number of rotatable bonds is 2. The lowest BCUT2D eigenvalue weighted by Gasteiger charge is -2.08. The maximum atomic E-state index is 9.36. The highest BCUT2D eigenvalue weighted by molar-refractivity contribution is 5.42. The van der Waals surface area contributed by atoms with Crippen LogP contribution < -0.4 is 16.8 Å². The molecule has 0 aromatic carbocycles. The Balaban J connectivity index is 3.60. The molecule has 0 spiro atoms. The van der Waals surface area contributed by atoms with E-state index in [9.17, 15) is 10.3 Å². The van der Waals surface area contributed by atoms with Crippen molar-refractivity contribution in [2.24, 2.45) is 4.99 Å². The molecule has 0 saturated carbocycles. The third-order valence-corrected chi connectivity index (χ3v) is 1.65. The van der Waals surface area contributed by atoms with Gasteiger partial charge in [-0.05, 0) is 0 Å². The minimum Gasteiger partial charge on any atom is -0.502 e. The topological polar surface area (TPSA) is 153 Å². The Bertz CT molecular complexity index is 488. The van der Waals surface area contributed by atoms with Crippen molar-refractivity contribution >= 4 is 5.82 Å². The second kappa shape index (κ2) is 3.92. The van der Waals surface area contributed by atoms with E-state index >= 15 is 0 Å². The van der Waals surface area contributed by atoms with E-state index in [1.807, 2.05) is 0 Å². The maximum absolute atomic E-state index is 9.36. The molecule has 0 atom stereocenters. The summed E-state index contributed by atoms with van der Waals surface area (Å²) >= 11 is 0. The highest BCUT2D eigenvalue weighted by Gasteiger charge is 2.11. The number of nitrogen functional groups attached to an aromatic ring is 1. The lowest BCUT2D eigenvalue weighted by molar-refractivity contribution is 0.0918. The van der Waals surface area contributed by atoms with Crippen molar-refractivity contribution < 1.29 is 20.6 Å². The quantitative estimate of drug-likeness (QED) is 0.300. The smallest absolute Gasteiger partial charge is 0.273 e. The largest absolute Gasteiger partial charge is 0.502 e. The van der Waals surface area contributed by atoms with Crippen molar-refractivity contribution in [1.29, 1.82) is 5.41 Å². The van der Waals surface area contributed by atoms with Gasteiger partial charge in [0.15, 0.2) is 5.82 Å². The Morgan fingerprint density at radius 2 is 1.93 bits per heavy atom. The lowest BCUT2D eigenvalue weighted by Crippen LogP contribution is -2.39. The van der Waals surface area contributed by atoms with E-state index in [-0.39, 0.29) is 22.6 Å². The molecule has 1 heterocycles. The molecule has 0 radical (unpaired) electrons. The van der Waals surface area contributed by atoms with E-state index in [0.29, 0.717) is 0 Å². The van der Waals surface area contributed by atoms with Gasteiger partial charge in [-0.3, -0.25) is 10.4 Å². The lowest BCUT2D eigenvalue weighted by atomic mass is 10.5. The van der Waals surface area contributed by atoms with Crippen molar-refractivity contribution in [2.45, 2.75) is 0 Å². The number of aliphatic hydroxyl groups is 1. The second-order valence-electron chi connectivity index (χ2n) is 2.61. The van der Waals surface area contributed by atoms with Crippen LogP contribution in [0.15, 0.2) is 4.99 Å². The summed E-state index contributed by atoms with van der Waals surface area (Å²) in [4.78, 5) is 3.58. The maximum Gasteiger partial charge on any atom is 0.273 e. The molecular weight excluding hydrogens is 206 g/mol. The third-order valence-electron chi connectivity index (χ3n) is 1.65. The molecule has 9 nitrogen and oxygen atoms in total. The zero-order valence-corrected chi connectivity index (χ0v) is 7.62. The predicted molar refractivity (Wildman–Crippen MR) is 46.2 cm³/mol. The van der Waals surface area contributed by atoms with Crippen LogP contribution in [-0.2, 0) is 0 Å². The summed E-state index contributed by atoms with van der Waals surface area (Å²) in [5.74, 6) is -1.20. The fraction of sp³-hybridized carbons (Fsp3) is 0.333. The third kappa shape index (κ3) is 1.72. The van der Waals surface area contributed by atoms with Crippen LogP contribution in [0, 0.1) is 5.41 Å². The average molecular weight is 217 g/mol. The van der Waals surface area contributed by atoms with Gasteiger partial charge in [0, 0.05) is 0 Å². The van der Waals surface area contributed by atoms with E-state index in [4.69, 9.17) is 21.5 Å². The first-order valence-electron chi connectivity index (χ1n) is 3.91. The van der Waals surface area contributed by atoms with Gasteiger partial charge in [0.25, 0.3) is 5.62 Å². The number of aromatic hydroxyl groups is 1. The standard InChI is InChI=1S/C6H11N5O4/c7-4-3(13)5(9-1-2-12)11(15)6(8)10(4)14/h8,12-15H,1-2,7H2. The van der Waals surface area contributed by atoms with E-state index < -0.39 is 22.7 Å². The SMILES string of the molecule is N=c1n(O)c(N)c(O)c(=NCCO)n1O. The number of nitrogens with two attached hydrogens (primary N) is 1. The average Bonchev–Trinajstić information content (AvgIpc) is 2.24. The highest BCUT2D eigenvalue weighted by Crippen LogP contribution is 2.08. The number of nitrogens with zero attached hydrogens (tertiary/aromatic N) is 3. The van der Waals surface area contributed by atoms with Gasteiger partial charge in [-0.2, -0.15) is 0 Å². The van der Waals surface area contributed by atoms with Gasteiger partial charge in [-0.1, -0.05) is 0 Å². The van der Waals surface area contributed by atoms with Crippen LogP contribution in [0.1, 0.15) is 0 Å². The predicted octanol–water partition coefficient (Wildman–Crippen LogP) is -2.58. The normalized spacial score (nSPS) is 11.9. The fourth-order valence-corrected chi connectivity index (χ4v) is 0.917. The Kier molecular flexibility index (Phi) is 2.85. The number of aliphatic hydroxyl groups excluding tert-OH is 1. The van der Waals surface area contributed by atoms with Crippen LogP contribution in [0.4, 0.5) is 5.82 Å². The molecule has 0 fully saturated rings. The van der Waals surface area contributed by atoms with Gasteiger partial charge in [0.2, 0.25) is 11.2 Å². The Labute approximate surface area is 83.0 Å². The first-order chi connectivity index (χ1) is 7.00. The molecule has 84 valence electrons. The van der Waals surface area contributed by atoms with Gasteiger partial charge in [-0.15, -0.1) is 9.46 Å². The zero-order chi connectivity index (χ0) is 11.6. The van der Waals surface area contributed by atoms with E-state index in [2.05, 4.69) is 4.99 Å². The monoisotopic (exact) mass is 217 g/mol. The number of aromatic nitrogens is 2. The molecule has 0 bridgehead atoms. The summed E-state index contributed by atoms with van der Waals surface area (Å²) in [7, 11) is 0. The highest BCUT2D eigenvalue weighted by atomic mass is 16.5. The van der Waals surface area contributed by atoms with Gasteiger partial charge >= 0.3 is 0 Å². The van der Waals surface area contributed by atoms with Crippen LogP contribution in [0.3, 0.4) is 0 Å². The van der Waals surface area contributed by atoms with Crippen molar-refractivity contribution in [3.63, 3.8) is 0 Å². The Morgan fingerprint density at radius 1 is 1.33 bits per heavy atom. The Morgan fingerprint density at radius 3 is 2.47 bits per heavy atom. The fourth-order valence-electron chi connectivity index (χ4n) is 0.917. The number of anilines is 1. The van der Waals surface area contributed by atoms with Gasteiger partial charge in [0.1, 0.15) is 0 Å². The molecule has 0 saturated heterocycles. The van der Waals surface area contributed by atoms with Crippen molar-refractivity contribution in [2.75, 3.05) is 18.9 Å². The van der Waals surface area contributed by atoms with Gasteiger partial charge < -0.3 is 26.4 Å². The molecule has 0 aliphatic heterocycles.